The molecular weight excluding hydrogens is 888 g/mol. The van der Waals surface area contributed by atoms with Gasteiger partial charge in [0.15, 0.2) is 11.5 Å². The van der Waals surface area contributed by atoms with Crippen molar-refractivity contribution in [2.75, 3.05) is 12.4 Å². The van der Waals surface area contributed by atoms with Crippen LogP contribution in [0.25, 0.3) is 21.7 Å². The number of nitrogens with one attached hydrogen (secondary N) is 1. The number of Topliss-reactive ketones (excluding diaryl/α,β-unsaturated/α-hetero) is 2. The first kappa shape index (κ1) is 48.0. The van der Waals surface area contributed by atoms with Gasteiger partial charge in [-0.25, -0.2) is 0 Å². The number of halogens is 1. The van der Waals surface area contributed by atoms with Crippen molar-refractivity contribution in [3.8, 4) is 17.2 Å². The number of aliphatic hydroxyl groups is 2. The van der Waals surface area contributed by atoms with E-state index in [4.69, 9.17) is 18.9 Å². The first-order chi connectivity index (χ1) is 30.1. The number of esters is 1. The molecule has 1 amide bonds. The molecule has 9 atom stereocenters. The second-order valence-electron chi connectivity index (χ2n) is 17.3. The van der Waals surface area contributed by atoms with Crippen LogP contribution in [0.5, 0.6) is 17.2 Å². The molecule has 0 radical (unpaired) electrons. The van der Waals surface area contributed by atoms with Crippen LogP contribution in [0.1, 0.15) is 92.9 Å². The number of phenols is 2. The number of ketones is 2. The molecule has 2 aliphatic heterocycles. The fourth-order valence-corrected chi connectivity index (χ4v) is 9.39. The third-order valence-electron chi connectivity index (χ3n) is 12.9. The van der Waals surface area contributed by atoms with Gasteiger partial charge in [0, 0.05) is 88.8 Å². The summed E-state index contributed by atoms with van der Waals surface area (Å²) in [6.45, 7) is 16.0. The fourth-order valence-electron chi connectivity index (χ4n) is 9.12. The first-order valence-corrected chi connectivity index (χ1v) is 22.0. The van der Waals surface area contributed by atoms with Gasteiger partial charge >= 0.3 is 11.8 Å². The summed E-state index contributed by atoms with van der Waals surface area (Å²) in [6, 6.07) is 7.51. The summed E-state index contributed by atoms with van der Waals surface area (Å²) >= 11 is 3.48. The number of fused-ring (bicyclic) bond motifs is 1. The van der Waals surface area contributed by atoms with E-state index in [0.717, 1.165) is 10.0 Å². The Balaban J connectivity index is 1.65. The molecule has 4 bridgehead atoms. The molecule has 0 spiro atoms. The van der Waals surface area contributed by atoms with E-state index in [1.54, 1.807) is 53.7 Å². The minimum Gasteiger partial charge on any atom is -0.507 e. The fraction of sp³-hybridized carbons (Fsp3) is 0.429. The number of carbonyl (C=O) groups is 4. The minimum atomic E-state index is -2.04. The number of anilines is 1. The number of hydrogen-bond acceptors (Lipinski definition) is 12. The van der Waals surface area contributed by atoms with Crippen LogP contribution >= 0.6 is 15.9 Å². The summed E-state index contributed by atoms with van der Waals surface area (Å²) in [5, 5.41) is 50.3. The molecule has 0 fully saturated rings. The Hall–Kier alpha value is -5.48. The average molecular weight is 946 g/mol. The highest BCUT2D eigenvalue weighted by Crippen LogP contribution is 2.55. The third-order valence-corrected chi connectivity index (χ3v) is 13.4. The van der Waals surface area contributed by atoms with Crippen LogP contribution in [0.3, 0.4) is 0 Å². The second kappa shape index (κ2) is 18.6. The number of carbonyl (C=O) groups excluding carboxylic acids is 4. The highest BCUT2D eigenvalue weighted by Gasteiger charge is 2.50. The smallest absolute Gasteiger partial charge is 0.312 e. The predicted molar refractivity (Wildman–Crippen MR) is 246 cm³/mol. The summed E-state index contributed by atoms with van der Waals surface area (Å²) in [4.78, 5) is 55.3. The van der Waals surface area contributed by atoms with Crippen LogP contribution < -0.4 is 10.1 Å². The van der Waals surface area contributed by atoms with Crippen molar-refractivity contribution in [1.82, 2.24) is 4.57 Å². The van der Waals surface area contributed by atoms with E-state index < -0.39 is 83.0 Å². The van der Waals surface area contributed by atoms with E-state index >= 15 is 0 Å². The van der Waals surface area contributed by atoms with Crippen LogP contribution in [-0.2, 0) is 30.3 Å². The number of benzene rings is 3. The number of aliphatic hydroxyl groups excluding tert-OH is 2. The van der Waals surface area contributed by atoms with Crippen molar-refractivity contribution >= 4 is 66.7 Å². The number of rotatable bonds is 5. The number of hydrogen-bond donors (Lipinski definition) is 5. The molecule has 6 rings (SSSR count). The summed E-state index contributed by atoms with van der Waals surface area (Å²) in [7, 11) is 1.45. The number of methoxy groups -OCH3 is 1. The lowest BCUT2D eigenvalue weighted by molar-refractivity contribution is -0.160. The van der Waals surface area contributed by atoms with Gasteiger partial charge in [0.05, 0.1) is 46.7 Å². The monoisotopic (exact) mass is 944 g/mol. The Morgan fingerprint density at radius 3 is 2.17 bits per heavy atom. The molecule has 342 valence electrons. The van der Waals surface area contributed by atoms with Gasteiger partial charge in [-0.3, -0.25) is 19.2 Å². The highest BCUT2D eigenvalue weighted by atomic mass is 79.9. The molecule has 3 heterocycles. The second-order valence-corrected chi connectivity index (χ2v) is 18.2. The van der Waals surface area contributed by atoms with Crippen molar-refractivity contribution in [1.29, 1.82) is 0 Å². The molecule has 0 aliphatic carbocycles. The van der Waals surface area contributed by atoms with Gasteiger partial charge in [-0.15, -0.1) is 0 Å². The SMILES string of the molecule is COC1/C=C\OC2(C)Oc3c(C)c(O)c4c(O)c(c5c(C(C)=O)c(C)n(Cc6ccc(Br)cc6)c5c4c3C2=O)NC(=O)/C(C)=C\C=C/C(C)C(O)C(C)C(O)C(C)C(OC(C)=O)C1C. The molecule has 0 saturated heterocycles. The Labute approximate surface area is 380 Å². The Kier molecular flexibility index (Phi) is 13.9. The molecule has 2 aliphatic rings. The van der Waals surface area contributed by atoms with Gasteiger partial charge in [0.1, 0.15) is 17.6 Å². The lowest BCUT2D eigenvalue weighted by Crippen LogP contribution is -2.46. The Bertz CT molecular complexity index is 2630. The quantitative estimate of drug-likeness (QED) is 0.0729. The van der Waals surface area contributed by atoms with Crippen molar-refractivity contribution in [2.45, 2.75) is 106 Å². The number of allylic oxidation sites excluding steroid dienone is 2. The number of nitrogens with zero attached hydrogens (tertiary/aromatic N) is 1. The zero-order valence-corrected chi connectivity index (χ0v) is 39.5. The van der Waals surface area contributed by atoms with E-state index in [0.29, 0.717) is 5.69 Å². The number of ether oxygens (including phenoxy) is 4. The van der Waals surface area contributed by atoms with Crippen molar-refractivity contribution in [3.63, 3.8) is 0 Å². The van der Waals surface area contributed by atoms with Crippen LogP contribution in [0.2, 0.25) is 0 Å². The number of phenolic OH excluding ortho intramolecular Hbond substituents is 2. The maximum Gasteiger partial charge on any atom is 0.312 e. The summed E-state index contributed by atoms with van der Waals surface area (Å²) in [5.41, 5.74) is 1.83. The van der Waals surface area contributed by atoms with Crippen LogP contribution in [0.4, 0.5) is 5.69 Å². The number of amides is 1. The van der Waals surface area contributed by atoms with Gasteiger partial charge in [0.25, 0.3) is 11.7 Å². The summed E-state index contributed by atoms with van der Waals surface area (Å²) < 4.78 is 26.8. The molecule has 0 saturated carbocycles. The van der Waals surface area contributed by atoms with E-state index in [1.165, 1.54) is 53.2 Å². The lowest BCUT2D eigenvalue weighted by Gasteiger charge is -2.38. The lowest BCUT2D eigenvalue weighted by atomic mass is 9.78. The standard InChI is InChI=1S/C49H57BrN2O12/c1-22-13-12-14-23(2)48(60)51-39-36-34(29(8)53)28(7)52(21-31-15-17-32(50)18-16-31)40(36)35-37(44(39)58)43(57)27(6)46-38(35)47(59)49(10,64-46)62-20-19-33(61-11)24(3)45(63-30(9)54)26(5)42(56)25(4)41(22)55/h12-20,22,24-26,33,41-42,45,55-58H,21H2,1-11H3,(H,51,60)/b13-12-,20-19-,23-14-. The van der Waals surface area contributed by atoms with E-state index in [-0.39, 0.29) is 67.7 Å². The molecule has 3 aromatic carbocycles. The van der Waals surface area contributed by atoms with Crippen molar-refractivity contribution < 1.29 is 58.6 Å². The Morgan fingerprint density at radius 2 is 1.56 bits per heavy atom. The topological polar surface area (TPSA) is 203 Å². The zero-order valence-electron chi connectivity index (χ0n) is 37.9. The number of aromatic nitrogens is 1. The summed E-state index contributed by atoms with van der Waals surface area (Å²) in [6.07, 6.45) is 3.66. The molecule has 14 nitrogen and oxygen atoms in total. The van der Waals surface area contributed by atoms with Gasteiger partial charge in [-0.2, -0.15) is 0 Å². The van der Waals surface area contributed by atoms with E-state index in [1.807, 2.05) is 28.8 Å². The van der Waals surface area contributed by atoms with E-state index in [2.05, 4.69) is 21.2 Å². The van der Waals surface area contributed by atoms with Crippen LogP contribution in [-0.4, -0.2) is 85.7 Å². The molecule has 4 aromatic rings. The zero-order chi connectivity index (χ0) is 47.3. The average Bonchev–Trinajstić information content (AvgIpc) is 3.68. The molecule has 9 unspecified atom stereocenters. The maximum absolute atomic E-state index is 15.0. The van der Waals surface area contributed by atoms with Gasteiger partial charge < -0.3 is 49.3 Å². The largest absolute Gasteiger partial charge is 0.507 e. The van der Waals surface area contributed by atoms with Crippen LogP contribution in [0, 0.1) is 37.5 Å². The van der Waals surface area contributed by atoms with Gasteiger partial charge in [0.2, 0.25) is 0 Å². The highest BCUT2D eigenvalue weighted by molar-refractivity contribution is 9.10. The minimum absolute atomic E-state index is 0.0159. The summed E-state index contributed by atoms with van der Waals surface area (Å²) in [5.74, 6) is -7.88. The molecule has 1 aromatic heterocycles. The van der Waals surface area contributed by atoms with Crippen molar-refractivity contribution in [2.24, 2.45) is 23.7 Å². The predicted octanol–water partition coefficient (Wildman–Crippen LogP) is 8.33. The van der Waals surface area contributed by atoms with Gasteiger partial charge in [-0.1, -0.05) is 74.0 Å². The van der Waals surface area contributed by atoms with E-state index in [9.17, 15) is 39.6 Å². The molecule has 5 N–H and O–H groups in total. The maximum atomic E-state index is 15.0. The Morgan fingerprint density at radius 1 is 0.906 bits per heavy atom. The van der Waals surface area contributed by atoms with Crippen LogP contribution in [0.15, 0.2) is 64.9 Å². The molecular formula is C49H57BrN2O12. The normalized spacial score (nSPS) is 28.6. The van der Waals surface area contributed by atoms with Gasteiger partial charge in [-0.05, 0) is 51.5 Å². The molecule has 64 heavy (non-hydrogen) atoms. The first-order valence-electron chi connectivity index (χ1n) is 21.2. The molecule has 15 heteroatoms. The number of aromatic hydroxyl groups is 2. The third kappa shape index (κ3) is 8.58. The van der Waals surface area contributed by atoms with Crippen molar-refractivity contribution in [3.05, 3.63) is 92.8 Å².